The third kappa shape index (κ3) is 1.90. The molecule has 60 valence electrons. The highest BCUT2D eigenvalue weighted by atomic mass is 16.4. The van der Waals surface area contributed by atoms with Gasteiger partial charge in [0.15, 0.2) is 0 Å². The largest absolute Gasteiger partial charge is 0.481 e. The summed E-state index contributed by atoms with van der Waals surface area (Å²) in [7, 11) is 0. The van der Waals surface area contributed by atoms with E-state index < -0.39 is 5.97 Å². The average molecular weight is 153 g/mol. The molecular formula is C8H11NO2. The quantitative estimate of drug-likeness (QED) is 0.652. The van der Waals surface area contributed by atoms with Crippen molar-refractivity contribution in [3.8, 4) is 0 Å². The zero-order valence-corrected chi connectivity index (χ0v) is 6.45. The SMILES string of the molecule is CCC1=CC(C(=O)O)CC=N1. The van der Waals surface area contributed by atoms with E-state index in [0.717, 1.165) is 12.1 Å². The van der Waals surface area contributed by atoms with Crippen LogP contribution < -0.4 is 0 Å². The second-order valence-corrected chi connectivity index (χ2v) is 2.50. The Morgan fingerprint density at radius 1 is 1.91 bits per heavy atom. The Hall–Kier alpha value is -1.12. The van der Waals surface area contributed by atoms with E-state index in [2.05, 4.69) is 4.99 Å². The summed E-state index contributed by atoms with van der Waals surface area (Å²) in [6, 6.07) is 0. The molecule has 0 aromatic carbocycles. The van der Waals surface area contributed by atoms with Crippen molar-refractivity contribution >= 4 is 12.2 Å². The number of aliphatic imine (C=N–C) groups is 1. The van der Waals surface area contributed by atoms with Gasteiger partial charge in [-0.05, 0) is 18.9 Å². The van der Waals surface area contributed by atoms with Crippen molar-refractivity contribution in [2.24, 2.45) is 10.9 Å². The summed E-state index contributed by atoms with van der Waals surface area (Å²) in [5.41, 5.74) is 0.878. The minimum atomic E-state index is -0.762. The molecule has 0 radical (unpaired) electrons. The van der Waals surface area contributed by atoms with Gasteiger partial charge in [0.2, 0.25) is 0 Å². The monoisotopic (exact) mass is 153 g/mol. The maximum Gasteiger partial charge on any atom is 0.310 e. The number of hydrogen-bond donors (Lipinski definition) is 1. The van der Waals surface area contributed by atoms with Crippen molar-refractivity contribution < 1.29 is 9.90 Å². The molecule has 0 aliphatic carbocycles. The van der Waals surface area contributed by atoms with Crippen LogP contribution in [0.2, 0.25) is 0 Å². The number of aliphatic carboxylic acids is 1. The predicted molar refractivity (Wildman–Crippen MR) is 42.6 cm³/mol. The van der Waals surface area contributed by atoms with Crippen LogP contribution >= 0.6 is 0 Å². The lowest BCUT2D eigenvalue weighted by Gasteiger charge is -2.09. The molecule has 1 atom stereocenters. The van der Waals surface area contributed by atoms with Gasteiger partial charge in [-0.25, -0.2) is 0 Å². The van der Waals surface area contributed by atoms with Crippen molar-refractivity contribution in [1.29, 1.82) is 0 Å². The normalized spacial score (nSPS) is 23.0. The maximum absolute atomic E-state index is 10.5. The first kappa shape index (κ1) is 7.98. The van der Waals surface area contributed by atoms with E-state index in [0.29, 0.717) is 6.42 Å². The number of hydrogen-bond acceptors (Lipinski definition) is 2. The Morgan fingerprint density at radius 3 is 3.18 bits per heavy atom. The first-order chi connectivity index (χ1) is 5.24. The molecule has 0 fully saturated rings. The Kier molecular flexibility index (Phi) is 2.41. The molecule has 11 heavy (non-hydrogen) atoms. The van der Waals surface area contributed by atoms with Crippen LogP contribution in [0.3, 0.4) is 0 Å². The molecule has 3 nitrogen and oxygen atoms in total. The van der Waals surface area contributed by atoms with E-state index in [1.54, 1.807) is 12.3 Å². The molecule has 0 aromatic heterocycles. The molecule has 0 aromatic rings. The Labute approximate surface area is 65.4 Å². The summed E-state index contributed by atoms with van der Waals surface area (Å²) in [5, 5.41) is 8.65. The van der Waals surface area contributed by atoms with E-state index in [9.17, 15) is 4.79 Å². The number of rotatable bonds is 2. The van der Waals surface area contributed by atoms with E-state index in [1.807, 2.05) is 6.92 Å². The van der Waals surface area contributed by atoms with Crippen LogP contribution in [0.1, 0.15) is 19.8 Å². The van der Waals surface area contributed by atoms with Gasteiger partial charge in [-0.1, -0.05) is 6.92 Å². The molecule has 3 heteroatoms. The molecule has 0 saturated carbocycles. The molecule has 1 unspecified atom stereocenters. The lowest BCUT2D eigenvalue weighted by molar-refractivity contribution is -0.139. The van der Waals surface area contributed by atoms with Gasteiger partial charge in [-0.3, -0.25) is 9.79 Å². The van der Waals surface area contributed by atoms with Gasteiger partial charge >= 0.3 is 5.97 Å². The topological polar surface area (TPSA) is 49.7 Å². The van der Waals surface area contributed by atoms with Gasteiger partial charge in [-0.2, -0.15) is 0 Å². The van der Waals surface area contributed by atoms with Gasteiger partial charge in [0.1, 0.15) is 0 Å². The molecule has 0 bridgehead atoms. The minimum Gasteiger partial charge on any atom is -0.481 e. The van der Waals surface area contributed by atoms with Gasteiger partial charge in [0.25, 0.3) is 0 Å². The summed E-state index contributed by atoms with van der Waals surface area (Å²) >= 11 is 0. The van der Waals surface area contributed by atoms with Crippen LogP contribution in [0.25, 0.3) is 0 Å². The van der Waals surface area contributed by atoms with Gasteiger partial charge in [-0.15, -0.1) is 0 Å². The standard InChI is InChI=1S/C8H11NO2/c1-2-7-5-6(8(10)11)3-4-9-7/h4-6H,2-3H2,1H3,(H,10,11). The van der Waals surface area contributed by atoms with Crippen LogP contribution in [-0.2, 0) is 4.79 Å². The summed E-state index contributed by atoms with van der Waals surface area (Å²) in [6.45, 7) is 1.97. The van der Waals surface area contributed by atoms with E-state index in [4.69, 9.17) is 5.11 Å². The highest BCUT2D eigenvalue weighted by Gasteiger charge is 2.16. The van der Waals surface area contributed by atoms with E-state index in [-0.39, 0.29) is 5.92 Å². The van der Waals surface area contributed by atoms with E-state index >= 15 is 0 Å². The summed E-state index contributed by atoms with van der Waals surface area (Å²) < 4.78 is 0. The molecule has 0 amide bonds. The third-order valence-electron chi connectivity index (χ3n) is 1.69. The van der Waals surface area contributed by atoms with E-state index in [1.165, 1.54) is 0 Å². The third-order valence-corrected chi connectivity index (χ3v) is 1.69. The van der Waals surface area contributed by atoms with Crippen LogP contribution in [0.4, 0.5) is 0 Å². The zero-order chi connectivity index (χ0) is 8.27. The van der Waals surface area contributed by atoms with Gasteiger partial charge < -0.3 is 5.11 Å². The smallest absolute Gasteiger partial charge is 0.310 e. The van der Waals surface area contributed by atoms with Crippen molar-refractivity contribution in [1.82, 2.24) is 0 Å². The summed E-state index contributed by atoms with van der Waals surface area (Å²) in [6.07, 6.45) is 4.74. The maximum atomic E-state index is 10.5. The molecular weight excluding hydrogens is 142 g/mol. The Balaban J connectivity index is 2.68. The Bertz CT molecular complexity index is 218. The minimum absolute atomic E-state index is 0.359. The van der Waals surface area contributed by atoms with Crippen LogP contribution in [0.5, 0.6) is 0 Å². The summed E-state index contributed by atoms with van der Waals surface area (Å²) in [5.74, 6) is -1.12. The summed E-state index contributed by atoms with van der Waals surface area (Å²) in [4.78, 5) is 14.6. The average Bonchev–Trinajstić information content (AvgIpc) is 2.05. The first-order valence-electron chi connectivity index (χ1n) is 3.70. The molecule has 1 aliphatic rings. The van der Waals surface area contributed by atoms with Crippen LogP contribution in [0.15, 0.2) is 16.8 Å². The zero-order valence-electron chi connectivity index (χ0n) is 6.45. The molecule has 1 heterocycles. The van der Waals surface area contributed by atoms with Gasteiger partial charge in [0, 0.05) is 11.9 Å². The molecule has 1 rings (SSSR count). The lowest BCUT2D eigenvalue weighted by Crippen LogP contribution is -2.14. The number of carboxylic acid groups (broad SMARTS) is 1. The number of nitrogens with zero attached hydrogens (tertiary/aromatic N) is 1. The molecule has 1 aliphatic heterocycles. The first-order valence-corrected chi connectivity index (χ1v) is 3.70. The number of allylic oxidation sites excluding steroid dienone is 1. The highest BCUT2D eigenvalue weighted by molar-refractivity contribution is 5.78. The molecule has 1 N–H and O–H groups in total. The van der Waals surface area contributed by atoms with Crippen molar-refractivity contribution in [2.45, 2.75) is 19.8 Å². The van der Waals surface area contributed by atoms with Crippen molar-refractivity contribution in [3.05, 3.63) is 11.8 Å². The molecule has 0 spiro atoms. The van der Waals surface area contributed by atoms with Gasteiger partial charge in [0.05, 0.1) is 5.92 Å². The fourth-order valence-corrected chi connectivity index (χ4v) is 1.01. The van der Waals surface area contributed by atoms with Crippen LogP contribution in [0, 0.1) is 5.92 Å². The lowest BCUT2D eigenvalue weighted by atomic mass is 10.0. The second-order valence-electron chi connectivity index (χ2n) is 2.50. The molecule has 0 saturated heterocycles. The van der Waals surface area contributed by atoms with Crippen molar-refractivity contribution in [2.75, 3.05) is 0 Å². The highest BCUT2D eigenvalue weighted by Crippen LogP contribution is 2.15. The second kappa shape index (κ2) is 3.32. The number of carboxylic acids is 1. The van der Waals surface area contributed by atoms with Crippen molar-refractivity contribution in [3.63, 3.8) is 0 Å². The predicted octanol–water partition coefficient (Wildman–Crippen LogP) is 1.46. The Morgan fingerprint density at radius 2 is 2.64 bits per heavy atom. The fourth-order valence-electron chi connectivity index (χ4n) is 1.01. The fraction of sp³-hybridized carbons (Fsp3) is 0.500. The van der Waals surface area contributed by atoms with Crippen LogP contribution in [-0.4, -0.2) is 17.3 Å². The number of carbonyl (C=O) groups is 1.